The lowest BCUT2D eigenvalue weighted by Crippen LogP contribution is -2.26. The second-order valence-electron chi connectivity index (χ2n) is 3.47. The molecule has 17 heavy (non-hydrogen) atoms. The van der Waals surface area contributed by atoms with Gasteiger partial charge in [0.1, 0.15) is 4.90 Å². The molecule has 3 N–H and O–H groups in total. The van der Waals surface area contributed by atoms with Gasteiger partial charge in [0.2, 0.25) is 10.0 Å². The first-order valence-corrected chi connectivity index (χ1v) is 6.79. The van der Waals surface area contributed by atoms with Crippen LogP contribution in [0.4, 0.5) is 0 Å². The molecule has 0 aromatic carbocycles. The summed E-state index contributed by atoms with van der Waals surface area (Å²) in [5.41, 5.74) is 5.36. The number of rotatable bonds is 8. The molecule has 0 aliphatic heterocycles. The molecule has 0 unspecified atom stereocenters. The van der Waals surface area contributed by atoms with Gasteiger partial charge in [-0.25, -0.2) is 13.1 Å². The SMILES string of the molecule is COCCNS(=O)(=O)c1cnn(CCCN)c1. The smallest absolute Gasteiger partial charge is 0.243 e. The summed E-state index contributed by atoms with van der Waals surface area (Å²) in [7, 11) is -1.97. The second-order valence-corrected chi connectivity index (χ2v) is 5.24. The first kappa shape index (κ1) is 14.1. The van der Waals surface area contributed by atoms with Crippen LogP contribution < -0.4 is 10.5 Å². The Morgan fingerprint density at radius 3 is 3.00 bits per heavy atom. The molecule has 0 saturated carbocycles. The van der Waals surface area contributed by atoms with Gasteiger partial charge in [0, 0.05) is 26.4 Å². The van der Waals surface area contributed by atoms with Crippen molar-refractivity contribution in [2.75, 3.05) is 26.8 Å². The van der Waals surface area contributed by atoms with Crippen molar-refractivity contribution in [1.29, 1.82) is 0 Å². The van der Waals surface area contributed by atoms with Crippen molar-refractivity contribution in [3.05, 3.63) is 12.4 Å². The molecule has 98 valence electrons. The van der Waals surface area contributed by atoms with Gasteiger partial charge in [-0.1, -0.05) is 0 Å². The van der Waals surface area contributed by atoms with Crippen LogP contribution >= 0.6 is 0 Å². The highest BCUT2D eigenvalue weighted by molar-refractivity contribution is 7.89. The van der Waals surface area contributed by atoms with Crippen molar-refractivity contribution in [2.24, 2.45) is 5.73 Å². The minimum Gasteiger partial charge on any atom is -0.383 e. The molecule has 1 aromatic rings. The number of sulfonamides is 1. The van der Waals surface area contributed by atoms with Gasteiger partial charge in [0.15, 0.2) is 0 Å². The Kier molecular flexibility index (Phi) is 5.56. The fourth-order valence-corrected chi connectivity index (χ4v) is 2.19. The molecule has 7 nitrogen and oxygen atoms in total. The zero-order chi connectivity index (χ0) is 12.7. The Morgan fingerprint density at radius 2 is 2.35 bits per heavy atom. The molecule has 8 heteroatoms. The van der Waals surface area contributed by atoms with E-state index < -0.39 is 10.0 Å². The van der Waals surface area contributed by atoms with Gasteiger partial charge in [-0.2, -0.15) is 5.10 Å². The monoisotopic (exact) mass is 262 g/mol. The summed E-state index contributed by atoms with van der Waals surface area (Å²) >= 11 is 0. The van der Waals surface area contributed by atoms with Crippen molar-refractivity contribution in [3.63, 3.8) is 0 Å². The van der Waals surface area contributed by atoms with Crippen molar-refractivity contribution in [1.82, 2.24) is 14.5 Å². The molecule has 0 amide bonds. The Bertz CT molecular complexity index is 429. The molecule has 0 spiro atoms. The van der Waals surface area contributed by atoms with Gasteiger partial charge in [0.25, 0.3) is 0 Å². The van der Waals surface area contributed by atoms with Crippen LogP contribution in [0.5, 0.6) is 0 Å². The highest BCUT2D eigenvalue weighted by atomic mass is 32.2. The number of hydrogen-bond acceptors (Lipinski definition) is 5. The number of nitrogens with zero attached hydrogens (tertiary/aromatic N) is 2. The molecule has 0 saturated heterocycles. The number of hydrogen-bond donors (Lipinski definition) is 2. The van der Waals surface area contributed by atoms with E-state index in [4.69, 9.17) is 10.5 Å². The minimum absolute atomic E-state index is 0.158. The topological polar surface area (TPSA) is 99.2 Å². The van der Waals surface area contributed by atoms with Gasteiger partial charge in [-0.3, -0.25) is 4.68 Å². The summed E-state index contributed by atoms with van der Waals surface area (Å²) in [5.74, 6) is 0. The van der Waals surface area contributed by atoms with Crippen molar-refractivity contribution in [2.45, 2.75) is 17.9 Å². The molecule has 1 rings (SSSR count). The molecular weight excluding hydrogens is 244 g/mol. The van der Waals surface area contributed by atoms with E-state index in [2.05, 4.69) is 9.82 Å². The van der Waals surface area contributed by atoms with Crippen molar-refractivity contribution < 1.29 is 13.2 Å². The normalized spacial score (nSPS) is 11.9. The highest BCUT2D eigenvalue weighted by Gasteiger charge is 2.15. The summed E-state index contributed by atoms with van der Waals surface area (Å²) in [4.78, 5) is 0.158. The maximum Gasteiger partial charge on any atom is 0.243 e. The predicted molar refractivity (Wildman–Crippen MR) is 63.0 cm³/mol. The quantitative estimate of drug-likeness (QED) is 0.595. The minimum atomic E-state index is -3.48. The molecule has 1 heterocycles. The average Bonchev–Trinajstić information content (AvgIpc) is 2.76. The van der Waals surface area contributed by atoms with E-state index in [-0.39, 0.29) is 11.4 Å². The van der Waals surface area contributed by atoms with Crippen LogP contribution in [0.25, 0.3) is 0 Å². The first-order valence-electron chi connectivity index (χ1n) is 5.31. The third kappa shape index (κ3) is 4.43. The molecule has 0 fully saturated rings. The molecule has 0 aliphatic rings. The van der Waals surface area contributed by atoms with E-state index in [1.807, 2.05) is 0 Å². The lowest BCUT2D eigenvalue weighted by atomic mass is 10.4. The number of ether oxygens (including phenoxy) is 1. The van der Waals surface area contributed by atoms with Crippen LogP contribution in [-0.4, -0.2) is 45.0 Å². The number of nitrogens with one attached hydrogen (secondary N) is 1. The van der Waals surface area contributed by atoms with E-state index in [0.717, 1.165) is 6.42 Å². The average molecular weight is 262 g/mol. The van der Waals surface area contributed by atoms with Crippen LogP contribution in [0.15, 0.2) is 17.3 Å². The van der Waals surface area contributed by atoms with Gasteiger partial charge >= 0.3 is 0 Å². The summed E-state index contributed by atoms with van der Waals surface area (Å²) in [5, 5.41) is 3.96. The lowest BCUT2D eigenvalue weighted by Gasteiger charge is -2.03. The fraction of sp³-hybridized carbons (Fsp3) is 0.667. The molecule has 0 radical (unpaired) electrons. The maximum atomic E-state index is 11.7. The van der Waals surface area contributed by atoms with Crippen LogP contribution in [0.3, 0.4) is 0 Å². The summed E-state index contributed by atoms with van der Waals surface area (Å²) in [6.45, 7) is 1.74. The third-order valence-electron chi connectivity index (χ3n) is 2.11. The number of aromatic nitrogens is 2. The lowest BCUT2D eigenvalue weighted by molar-refractivity contribution is 0.204. The van der Waals surface area contributed by atoms with Crippen LogP contribution in [-0.2, 0) is 21.3 Å². The number of methoxy groups -OCH3 is 1. The number of nitrogens with two attached hydrogens (primary N) is 1. The Labute approximate surface area is 101 Å². The molecule has 0 atom stereocenters. The largest absolute Gasteiger partial charge is 0.383 e. The number of aryl methyl sites for hydroxylation is 1. The Hall–Kier alpha value is -0.960. The fourth-order valence-electron chi connectivity index (χ4n) is 1.22. The Balaban J connectivity index is 2.61. The Morgan fingerprint density at radius 1 is 1.59 bits per heavy atom. The van der Waals surface area contributed by atoms with E-state index in [1.54, 1.807) is 4.68 Å². The van der Waals surface area contributed by atoms with E-state index in [1.165, 1.54) is 19.5 Å². The summed E-state index contributed by atoms with van der Waals surface area (Å²) in [6, 6.07) is 0. The first-order chi connectivity index (χ1) is 8.10. The second kappa shape index (κ2) is 6.70. The van der Waals surface area contributed by atoms with Gasteiger partial charge in [0.05, 0.1) is 12.8 Å². The van der Waals surface area contributed by atoms with Gasteiger partial charge < -0.3 is 10.5 Å². The standard InChI is InChI=1S/C9H18N4O3S/c1-16-6-4-12-17(14,15)9-7-11-13(8-9)5-2-3-10/h7-8,12H,2-6,10H2,1H3. The van der Waals surface area contributed by atoms with Crippen LogP contribution in [0.1, 0.15) is 6.42 Å². The highest BCUT2D eigenvalue weighted by Crippen LogP contribution is 2.06. The van der Waals surface area contributed by atoms with E-state index in [9.17, 15) is 8.42 Å². The zero-order valence-corrected chi connectivity index (χ0v) is 10.6. The summed E-state index contributed by atoms with van der Waals surface area (Å²) in [6.07, 6.45) is 3.58. The van der Waals surface area contributed by atoms with E-state index >= 15 is 0 Å². The van der Waals surface area contributed by atoms with Gasteiger partial charge in [-0.05, 0) is 13.0 Å². The molecule has 0 aliphatic carbocycles. The molecule has 1 aromatic heterocycles. The van der Waals surface area contributed by atoms with E-state index in [0.29, 0.717) is 19.7 Å². The zero-order valence-electron chi connectivity index (χ0n) is 9.80. The van der Waals surface area contributed by atoms with Crippen LogP contribution in [0, 0.1) is 0 Å². The van der Waals surface area contributed by atoms with Gasteiger partial charge in [-0.15, -0.1) is 0 Å². The van der Waals surface area contributed by atoms with Crippen molar-refractivity contribution >= 4 is 10.0 Å². The maximum absolute atomic E-state index is 11.7. The predicted octanol–water partition coefficient (Wildman–Crippen LogP) is -0.843. The molecular formula is C9H18N4O3S. The van der Waals surface area contributed by atoms with Crippen LogP contribution in [0.2, 0.25) is 0 Å². The molecule has 0 bridgehead atoms. The van der Waals surface area contributed by atoms with Crippen molar-refractivity contribution in [3.8, 4) is 0 Å². The summed E-state index contributed by atoms with van der Waals surface area (Å²) < 4.78 is 32.3. The third-order valence-corrected chi connectivity index (χ3v) is 3.53.